The molecular formula is C21H28O5. The van der Waals surface area contributed by atoms with Crippen molar-refractivity contribution in [1.29, 1.82) is 0 Å². The molecule has 0 saturated heterocycles. The van der Waals surface area contributed by atoms with Gasteiger partial charge in [0.05, 0.1) is 5.56 Å². The number of unbranched alkanes of at least 4 members (excludes halogenated alkanes) is 1. The van der Waals surface area contributed by atoms with Gasteiger partial charge in [-0.05, 0) is 56.4 Å². The van der Waals surface area contributed by atoms with Crippen LogP contribution in [0.5, 0.6) is 5.75 Å². The van der Waals surface area contributed by atoms with Crippen molar-refractivity contribution in [2.75, 3.05) is 6.61 Å². The number of rotatable bonds is 9. The van der Waals surface area contributed by atoms with E-state index in [1.807, 2.05) is 0 Å². The van der Waals surface area contributed by atoms with E-state index in [1.54, 1.807) is 30.3 Å². The molecule has 1 fully saturated rings. The Morgan fingerprint density at radius 2 is 1.69 bits per heavy atom. The molecule has 5 nitrogen and oxygen atoms in total. The van der Waals surface area contributed by atoms with Gasteiger partial charge in [-0.2, -0.15) is 0 Å². The highest BCUT2D eigenvalue weighted by molar-refractivity contribution is 5.89. The Morgan fingerprint density at radius 3 is 2.27 bits per heavy atom. The Balaban J connectivity index is 1.73. The molecule has 2 rings (SSSR count). The SMILES string of the molecule is C=CCOc1ccc(C(=O)OC2CCC(OC(=O)CCCC)CC2)cc1. The summed E-state index contributed by atoms with van der Waals surface area (Å²) >= 11 is 0. The first-order valence-electron chi connectivity index (χ1n) is 9.36. The molecule has 0 aromatic heterocycles. The molecule has 26 heavy (non-hydrogen) atoms. The Labute approximate surface area is 155 Å². The third-order valence-corrected chi connectivity index (χ3v) is 4.39. The Hall–Kier alpha value is -2.30. The molecule has 0 unspecified atom stereocenters. The number of esters is 2. The third-order valence-electron chi connectivity index (χ3n) is 4.39. The molecule has 1 aliphatic rings. The highest BCUT2D eigenvalue weighted by Gasteiger charge is 2.26. The largest absolute Gasteiger partial charge is 0.490 e. The summed E-state index contributed by atoms with van der Waals surface area (Å²) in [6, 6.07) is 6.88. The van der Waals surface area contributed by atoms with Gasteiger partial charge in [-0.1, -0.05) is 26.0 Å². The van der Waals surface area contributed by atoms with Crippen molar-refractivity contribution in [2.24, 2.45) is 0 Å². The number of hydrogen-bond acceptors (Lipinski definition) is 5. The highest BCUT2D eigenvalue weighted by Crippen LogP contribution is 2.25. The maximum atomic E-state index is 12.3. The average molecular weight is 360 g/mol. The fourth-order valence-corrected chi connectivity index (χ4v) is 2.90. The summed E-state index contributed by atoms with van der Waals surface area (Å²) in [5, 5.41) is 0. The lowest BCUT2D eigenvalue weighted by Gasteiger charge is -2.28. The van der Waals surface area contributed by atoms with Crippen molar-refractivity contribution >= 4 is 11.9 Å². The van der Waals surface area contributed by atoms with Crippen LogP contribution in [0.3, 0.4) is 0 Å². The topological polar surface area (TPSA) is 61.8 Å². The maximum absolute atomic E-state index is 12.3. The fourth-order valence-electron chi connectivity index (χ4n) is 2.90. The molecule has 0 atom stereocenters. The number of ether oxygens (including phenoxy) is 3. The first kappa shape index (κ1) is 20.0. The summed E-state index contributed by atoms with van der Waals surface area (Å²) < 4.78 is 16.5. The van der Waals surface area contributed by atoms with E-state index >= 15 is 0 Å². The molecule has 0 radical (unpaired) electrons. The van der Waals surface area contributed by atoms with E-state index in [-0.39, 0.29) is 24.1 Å². The van der Waals surface area contributed by atoms with E-state index in [1.165, 1.54) is 0 Å². The molecule has 0 N–H and O–H groups in total. The zero-order chi connectivity index (χ0) is 18.8. The summed E-state index contributed by atoms with van der Waals surface area (Å²) in [6.45, 7) is 6.07. The molecule has 5 heteroatoms. The summed E-state index contributed by atoms with van der Waals surface area (Å²) in [7, 11) is 0. The second-order valence-electron chi connectivity index (χ2n) is 6.52. The van der Waals surface area contributed by atoms with Gasteiger partial charge < -0.3 is 14.2 Å². The molecule has 0 aliphatic heterocycles. The molecule has 0 bridgehead atoms. The van der Waals surface area contributed by atoms with Gasteiger partial charge in [0, 0.05) is 6.42 Å². The van der Waals surface area contributed by atoms with Gasteiger partial charge in [0.25, 0.3) is 0 Å². The molecule has 1 aliphatic carbocycles. The van der Waals surface area contributed by atoms with Gasteiger partial charge in [0.1, 0.15) is 24.6 Å². The Kier molecular flexibility index (Phi) is 8.19. The smallest absolute Gasteiger partial charge is 0.338 e. The van der Waals surface area contributed by atoms with Crippen molar-refractivity contribution < 1.29 is 23.8 Å². The Morgan fingerprint density at radius 1 is 1.08 bits per heavy atom. The van der Waals surface area contributed by atoms with Crippen LogP contribution in [-0.4, -0.2) is 30.8 Å². The average Bonchev–Trinajstić information content (AvgIpc) is 2.66. The molecule has 0 amide bonds. The molecule has 1 saturated carbocycles. The minimum Gasteiger partial charge on any atom is -0.490 e. The van der Waals surface area contributed by atoms with E-state index in [4.69, 9.17) is 14.2 Å². The first-order chi connectivity index (χ1) is 12.6. The summed E-state index contributed by atoms with van der Waals surface area (Å²) in [4.78, 5) is 23.9. The maximum Gasteiger partial charge on any atom is 0.338 e. The summed E-state index contributed by atoms with van der Waals surface area (Å²) in [6.07, 6.45) is 6.75. The monoisotopic (exact) mass is 360 g/mol. The second kappa shape index (κ2) is 10.6. The number of carbonyl (C=O) groups excluding carboxylic acids is 2. The number of benzene rings is 1. The zero-order valence-electron chi connectivity index (χ0n) is 15.4. The van der Waals surface area contributed by atoms with Gasteiger partial charge in [-0.3, -0.25) is 4.79 Å². The Bertz CT molecular complexity index is 585. The highest BCUT2D eigenvalue weighted by atomic mass is 16.6. The van der Waals surface area contributed by atoms with Crippen LogP contribution >= 0.6 is 0 Å². The van der Waals surface area contributed by atoms with Crippen molar-refractivity contribution in [1.82, 2.24) is 0 Å². The quantitative estimate of drug-likeness (QED) is 0.481. The van der Waals surface area contributed by atoms with Crippen LogP contribution in [0.15, 0.2) is 36.9 Å². The molecule has 0 spiro atoms. The van der Waals surface area contributed by atoms with E-state index in [0.29, 0.717) is 24.3 Å². The van der Waals surface area contributed by atoms with Gasteiger partial charge >= 0.3 is 11.9 Å². The van der Waals surface area contributed by atoms with Crippen LogP contribution in [-0.2, 0) is 14.3 Å². The lowest BCUT2D eigenvalue weighted by Crippen LogP contribution is -2.29. The van der Waals surface area contributed by atoms with Crippen molar-refractivity contribution in [3.05, 3.63) is 42.5 Å². The minimum absolute atomic E-state index is 0.0457. The first-order valence-corrected chi connectivity index (χ1v) is 9.36. The molecular weight excluding hydrogens is 332 g/mol. The summed E-state index contributed by atoms with van der Waals surface area (Å²) in [5.74, 6) is 0.238. The predicted octanol–water partition coefficient (Wildman–Crippen LogP) is 4.45. The van der Waals surface area contributed by atoms with Crippen molar-refractivity contribution in [3.63, 3.8) is 0 Å². The standard InChI is InChI=1S/C21H28O5/c1-3-5-6-20(22)25-18-11-13-19(14-12-18)26-21(23)16-7-9-17(10-8-16)24-15-4-2/h4,7-10,18-19H,2-3,5-6,11-15H2,1H3. The van der Waals surface area contributed by atoms with Crippen LogP contribution < -0.4 is 4.74 Å². The molecule has 1 aromatic rings. The zero-order valence-corrected chi connectivity index (χ0v) is 15.4. The third kappa shape index (κ3) is 6.54. The molecule has 0 heterocycles. The predicted molar refractivity (Wildman–Crippen MR) is 99.2 cm³/mol. The van der Waals surface area contributed by atoms with Gasteiger partial charge in [-0.25, -0.2) is 4.79 Å². The minimum atomic E-state index is -0.330. The van der Waals surface area contributed by atoms with Crippen LogP contribution in [0.1, 0.15) is 62.2 Å². The van der Waals surface area contributed by atoms with E-state index in [0.717, 1.165) is 38.5 Å². The van der Waals surface area contributed by atoms with Crippen LogP contribution in [0, 0.1) is 0 Å². The van der Waals surface area contributed by atoms with Crippen LogP contribution in [0.25, 0.3) is 0 Å². The van der Waals surface area contributed by atoms with E-state index in [9.17, 15) is 9.59 Å². The van der Waals surface area contributed by atoms with Crippen LogP contribution in [0.2, 0.25) is 0 Å². The number of carbonyl (C=O) groups is 2. The van der Waals surface area contributed by atoms with Gasteiger partial charge in [0.2, 0.25) is 0 Å². The van der Waals surface area contributed by atoms with E-state index in [2.05, 4.69) is 13.5 Å². The molecule has 1 aromatic carbocycles. The normalized spacial score (nSPS) is 19.4. The fraction of sp³-hybridized carbons (Fsp3) is 0.524. The van der Waals surface area contributed by atoms with Crippen molar-refractivity contribution in [2.45, 2.75) is 64.1 Å². The lowest BCUT2D eigenvalue weighted by molar-refractivity contribution is -0.151. The molecule has 142 valence electrons. The van der Waals surface area contributed by atoms with Crippen molar-refractivity contribution in [3.8, 4) is 5.75 Å². The summed E-state index contributed by atoms with van der Waals surface area (Å²) in [5.41, 5.74) is 0.504. The van der Waals surface area contributed by atoms with Crippen LogP contribution in [0.4, 0.5) is 0 Å². The lowest BCUT2D eigenvalue weighted by atomic mass is 9.95. The second-order valence-corrected chi connectivity index (χ2v) is 6.52. The van der Waals surface area contributed by atoms with Gasteiger partial charge in [-0.15, -0.1) is 0 Å². The van der Waals surface area contributed by atoms with E-state index < -0.39 is 0 Å². The number of hydrogen-bond donors (Lipinski definition) is 0. The van der Waals surface area contributed by atoms with Gasteiger partial charge in [0.15, 0.2) is 0 Å².